The SMILES string of the molecule is Cc1nc(NCC2CNCCO2)ccc1Br. The Morgan fingerprint density at radius 1 is 1.62 bits per heavy atom. The highest BCUT2D eigenvalue weighted by Gasteiger charge is 2.12. The maximum Gasteiger partial charge on any atom is 0.126 e. The average Bonchev–Trinajstić information content (AvgIpc) is 2.32. The van der Waals surface area contributed by atoms with Gasteiger partial charge in [-0.3, -0.25) is 0 Å². The zero-order valence-corrected chi connectivity index (χ0v) is 10.9. The predicted molar refractivity (Wildman–Crippen MR) is 67.8 cm³/mol. The largest absolute Gasteiger partial charge is 0.374 e. The van der Waals surface area contributed by atoms with Crippen molar-refractivity contribution in [1.29, 1.82) is 0 Å². The molecule has 0 spiro atoms. The molecule has 5 heteroatoms. The monoisotopic (exact) mass is 285 g/mol. The lowest BCUT2D eigenvalue weighted by Crippen LogP contribution is -2.42. The molecule has 0 aromatic carbocycles. The minimum atomic E-state index is 0.236. The summed E-state index contributed by atoms with van der Waals surface area (Å²) in [6, 6.07) is 3.97. The number of nitrogens with one attached hydrogen (secondary N) is 2. The summed E-state index contributed by atoms with van der Waals surface area (Å²) in [5.41, 5.74) is 0.993. The molecule has 1 atom stereocenters. The van der Waals surface area contributed by atoms with Gasteiger partial charge in [0.25, 0.3) is 0 Å². The van der Waals surface area contributed by atoms with Crippen LogP contribution in [0.5, 0.6) is 0 Å². The second kappa shape index (κ2) is 5.61. The van der Waals surface area contributed by atoms with E-state index in [1.807, 2.05) is 19.1 Å². The minimum absolute atomic E-state index is 0.236. The summed E-state index contributed by atoms with van der Waals surface area (Å²) in [6.07, 6.45) is 0.236. The number of hydrogen-bond donors (Lipinski definition) is 2. The van der Waals surface area contributed by atoms with Crippen molar-refractivity contribution < 1.29 is 4.74 Å². The van der Waals surface area contributed by atoms with Gasteiger partial charge < -0.3 is 15.4 Å². The summed E-state index contributed by atoms with van der Waals surface area (Å²) in [7, 11) is 0. The van der Waals surface area contributed by atoms with Gasteiger partial charge in [0.1, 0.15) is 5.82 Å². The molecule has 0 aliphatic carbocycles. The van der Waals surface area contributed by atoms with E-state index in [9.17, 15) is 0 Å². The van der Waals surface area contributed by atoms with Crippen LogP contribution in [0.1, 0.15) is 5.69 Å². The molecule has 1 unspecified atom stereocenters. The van der Waals surface area contributed by atoms with Crippen LogP contribution in [0.2, 0.25) is 0 Å². The molecule has 1 aliphatic rings. The molecule has 88 valence electrons. The Balaban J connectivity index is 1.86. The van der Waals surface area contributed by atoms with Gasteiger partial charge in [-0.15, -0.1) is 0 Å². The van der Waals surface area contributed by atoms with Crippen LogP contribution < -0.4 is 10.6 Å². The number of aromatic nitrogens is 1. The summed E-state index contributed by atoms with van der Waals surface area (Å²) in [5.74, 6) is 0.898. The second-order valence-corrected chi connectivity index (χ2v) is 4.70. The molecule has 4 nitrogen and oxygen atoms in total. The number of rotatable bonds is 3. The molecule has 1 aliphatic heterocycles. The molecular weight excluding hydrogens is 270 g/mol. The summed E-state index contributed by atoms with van der Waals surface area (Å²) in [6.45, 7) is 5.42. The molecule has 1 saturated heterocycles. The first-order valence-corrected chi connectivity index (χ1v) is 6.24. The molecule has 0 saturated carbocycles. The number of halogens is 1. The third-order valence-electron chi connectivity index (χ3n) is 2.54. The van der Waals surface area contributed by atoms with Gasteiger partial charge in [0.15, 0.2) is 0 Å². The van der Waals surface area contributed by atoms with Crippen LogP contribution >= 0.6 is 15.9 Å². The fourth-order valence-electron chi connectivity index (χ4n) is 1.61. The Bertz CT molecular complexity index is 353. The van der Waals surface area contributed by atoms with Crippen molar-refractivity contribution in [3.05, 3.63) is 22.3 Å². The van der Waals surface area contributed by atoms with E-state index in [0.29, 0.717) is 0 Å². The molecule has 0 radical (unpaired) electrons. The third kappa shape index (κ3) is 3.17. The minimum Gasteiger partial charge on any atom is -0.374 e. The van der Waals surface area contributed by atoms with E-state index in [1.54, 1.807) is 0 Å². The van der Waals surface area contributed by atoms with Crippen LogP contribution in [0.15, 0.2) is 16.6 Å². The molecule has 0 amide bonds. The smallest absolute Gasteiger partial charge is 0.126 e. The maximum absolute atomic E-state index is 5.59. The van der Waals surface area contributed by atoms with E-state index >= 15 is 0 Å². The molecule has 0 bridgehead atoms. The lowest BCUT2D eigenvalue weighted by atomic mass is 10.3. The van der Waals surface area contributed by atoms with Gasteiger partial charge in [-0.25, -0.2) is 4.98 Å². The van der Waals surface area contributed by atoms with Crippen LogP contribution in [0.4, 0.5) is 5.82 Å². The Kier molecular flexibility index (Phi) is 4.15. The topological polar surface area (TPSA) is 46.2 Å². The average molecular weight is 286 g/mol. The van der Waals surface area contributed by atoms with Crippen molar-refractivity contribution in [3.8, 4) is 0 Å². The molecule has 2 N–H and O–H groups in total. The molecule has 2 heterocycles. The van der Waals surface area contributed by atoms with Crippen molar-refractivity contribution in [2.75, 3.05) is 31.6 Å². The van der Waals surface area contributed by atoms with Crippen LogP contribution in [0.3, 0.4) is 0 Å². The highest BCUT2D eigenvalue weighted by Crippen LogP contribution is 2.16. The fourth-order valence-corrected chi connectivity index (χ4v) is 1.83. The van der Waals surface area contributed by atoms with Crippen LogP contribution in [-0.4, -0.2) is 37.3 Å². The van der Waals surface area contributed by atoms with E-state index in [4.69, 9.17) is 4.74 Å². The number of hydrogen-bond acceptors (Lipinski definition) is 4. The van der Waals surface area contributed by atoms with Gasteiger partial charge in [0.2, 0.25) is 0 Å². The first-order valence-electron chi connectivity index (χ1n) is 5.45. The number of nitrogens with zero attached hydrogens (tertiary/aromatic N) is 1. The molecule has 1 fully saturated rings. The fraction of sp³-hybridized carbons (Fsp3) is 0.545. The van der Waals surface area contributed by atoms with Gasteiger partial charge in [-0.2, -0.15) is 0 Å². The molecule has 1 aromatic rings. The lowest BCUT2D eigenvalue weighted by Gasteiger charge is -2.24. The van der Waals surface area contributed by atoms with Crippen molar-refractivity contribution in [2.24, 2.45) is 0 Å². The summed E-state index contributed by atoms with van der Waals surface area (Å²) in [5, 5.41) is 6.58. The van der Waals surface area contributed by atoms with Gasteiger partial charge in [-0.05, 0) is 35.0 Å². The van der Waals surface area contributed by atoms with Crippen LogP contribution in [0, 0.1) is 6.92 Å². The summed E-state index contributed by atoms with van der Waals surface area (Å²) >= 11 is 3.43. The Morgan fingerprint density at radius 2 is 2.50 bits per heavy atom. The van der Waals surface area contributed by atoms with Crippen LogP contribution in [0.25, 0.3) is 0 Å². The van der Waals surface area contributed by atoms with Crippen molar-refractivity contribution in [3.63, 3.8) is 0 Å². The maximum atomic E-state index is 5.59. The number of anilines is 1. The van der Waals surface area contributed by atoms with Gasteiger partial charge >= 0.3 is 0 Å². The zero-order valence-electron chi connectivity index (χ0n) is 9.29. The first-order chi connectivity index (χ1) is 7.75. The normalized spacial score (nSPS) is 20.8. The van der Waals surface area contributed by atoms with Gasteiger partial charge in [-0.1, -0.05) is 0 Å². The highest BCUT2D eigenvalue weighted by molar-refractivity contribution is 9.10. The van der Waals surface area contributed by atoms with E-state index in [1.165, 1.54) is 0 Å². The molecule has 16 heavy (non-hydrogen) atoms. The van der Waals surface area contributed by atoms with Crippen molar-refractivity contribution >= 4 is 21.7 Å². The number of ether oxygens (including phenoxy) is 1. The van der Waals surface area contributed by atoms with E-state index in [-0.39, 0.29) is 6.10 Å². The Morgan fingerprint density at radius 3 is 3.19 bits per heavy atom. The van der Waals surface area contributed by atoms with Crippen molar-refractivity contribution in [2.45, 2.75) is 13.0 Å². The molecule has 2 rings (SSSR count). The lowest BCUT2D eigenvalue weighted by molar-refractivity contribution is 0.0372. The highest BCUT2D eigenvalue weighted by atomic mass is 79.9. The predicted octanol–water partition coefficient (Wildman–Crippen LogP) is 1.55. The summed E-state index contributed by atoms with van der Waals surface area (Å²) < 4.78 is 6.63. The van der Waals surface area contributed by atoms with Crippen molar-refractivity contribution in [1.82, 2.24) is 10.3 Å². The zero-order chi connectivity index (χ0) is 11.4. The van der Waals surface area contributed by atoms with E-state index in [2.05, 4.69) is 31.5 Å². The number of pyridine rings is 1. The van der Waals surface area contributed by atoms with E-state index in [0.717, 1.165) is 42.2 Å². The molecule has 1 aromatic heterocycles. The molecular formula is C11H16BrN3O. The summed E-state index contributed by atoms with van der Waals surface area (Å²) in [4.78, 5) is 4.42. The standard InChI is InChI=1S/C11H16BrN3O/c1-8-10(12)2-3-11(15-8)14-7-9-6-13-4-5-16-9/h2-3,9,13H,4-7H2,1H3,(H,14,15). The Labute approximate surface area is 104 Å². The van der Waals surface area contributed by atoms with E-state index < -0.39 is 0 Å². The van der Waals surface area contributed by atoms with Crippen LogP contribution in [-0.2, 0) is 4.74 Å². The second-order valence-electron chi connectivity index (χ2n) is 3.84. The number of morpholine rings is 1. The van der Waals surface area contributed by atoms with Gasteiger partial charge in [0, 0.05) is 24.1 Å². The Hall–Kier alpha value is -0.650. The number of aryl methyl sites for hydroxylation is 1. The first kappa shape index (κ1) is 11.8. The third-order valence-corrected chi connectivity index (χ3v) is 3.37. The quantitative estimate of drug-likeness (QED) is 0.885. The van der Waals surface area contributed by atoms with Gasteiger partial charge in [0.05, 0.1) is 18.4 Å².